The number of aromatic hydroxyl groups is 1. The quantitative estimate of drug-likeness (QED) is 0.842. The van der Waals surface area contributed by atoms with Crippen LogP contribution in [0.5, 0.6) is 5.75 Å². The molecule has 19 heavy (non-hydrogen) atoms. The lowest BCUT2D eigenvalue weighted by Crippen LogP contribution is -2.37. The molecular weight excluding hydrogens is 296 g/mol. The fourth-order valence-corrected chi connectivity index (χ4v) is 1.82. The lowest BCUT2D eigenvalue weighted by atomic mass is 9.80. The van der Waals surface area contributed by atoms with Crippen molar-refractivity contribution in [1.82, 2.24) is 0 Å². The number of ether oxygens (including phenoxy) is 1. The first-order chi connectivity index (χ1) is 8.21. The number of halogens is 3. The Morgan fingerprint density at radius 2 is 2.05 bits per heavy atom. The van der Waals surface area contributed by atoms with Gasteiger partial charge in [-0.25, -0.2) is 4.39 Å². The van der Waals surface area contributed by atoms with Crippen molar-refractivity contribution in [1.29, 1.82) is 0 Å². The Hall–Kier alpha value is -1.04. The Kier molecular flexibility index (Phi) is 6.06. The van der Waals surface area contributed by atoms with Crippen LogP contribution in [0.1, 0.15) is 25.5 Å². The standard InChI is InChI=1S/C12H15ClFNO3.ClH/c1-12(2,11(17)18-3)10(15)7-4-6(13)5-8(14)9(7)16;/h4-5,10,16H,15H2,1-3H3;1H/t10-;/m1./s1. The summed E-state index contributed by atoms with van der Waals surface area (Å²) in [5, 5.41) is 9.74. The molecule has 0 fully saturated rings. The van der Waals surface area contributed by atoms with Crippen LogP contribution < -0.4 is 5.73 Å². The molecule has 0 unspecified atom stereocenters. The summed E-state index contributed by atoms with van der Waals surface area (Å²) < 4.78 is 18.0. The van der Waals surface area contributed by atoms with Crippen LogP contribution in [-0.2, 0) is 9.53 Å². The van der Waals surface area contributed by atoms with Gasteiger partial charge in [0, 0.05) is 16.6 Å². The Bertz CT molecular complexity index is 480. The van der Waals surface area contributed by atoms with Gasteiger partial charge in [0.05, 0.1) is 12.5 Å². The third kappa shape index (κ3) is 3.49. The first-order valence-electron chi connectivity index (χ1n) is 5.23. The van der Waals surface area contributed by atoms with Crippen molar-refractivity contribution >= 4 is 30.0 Å². The predicted octanol–water partition coefficient (Wildman–Crippen LogP) is 2.81. The van der Waals surface area contributed by atoms with E-state index in [-0.39, 0.29) is 23.0 Å². The zero-order valence-electron chi connectivity index (χ0n) is 10.7. The molecule has 0 radical (unpaired) electrons. The topological polar surface area (TPSA) is 72.5 Å². The molecule has 0 spiro atoms. The Labute approximate surface area is 122 Å². The molecule has 0 aliphatic rings. The second-order valence-electron chi connectivity index (χ2n) is 4.52. The van der Waals surface area contributed by atoms with E-state index in [2.05, 4.69) is 4.74 Å². The molecular formula is C12H16Cl2FNO3. The van der Waals surface area contributed by atoms with Crippen LogP contribution in [0.2, 0.25) is 5.02 Å². The van der Waals surface area contributed by atoms with Crippen molar-refractivity contribution in [2.45, 2.75) is 19.9 Å². The largest absolute Gasteiger partial charge is 0.505 e. The van der Waals surface area contributed by atoms with Crippen molar-refractivity contribution in [2.24, 2.45) is 11.1 Å². The van der Waals surface area contributed by atoms with Gasteiger partial charge in [-0.2, -0.15) is 0 Å². The number of esters is 1. The van der Waals surface area contributed by atoms with Gasteiger partial charge in [-0.15, -0.1) is 12.4 Å². The fraction of sp³-hybridized carbons (Fsp3) is 0.417. The van der Waals surface area contributed by atoms with Crippen LogP contribution in [0.4, 0.5) is 4.39 Å². The van der Waals surface area contributed by atoms with Gasteiger partial charge < -0.3 is 15.6 Å². The highest BCUT2D eigenvalue weighted by molar-refractivity contribution is 6.30. The number of hydrogen-bond donors (Lipinski definition) is 2. The SMILES string of the molecule is COC(=O)C(C)(C)[C@H](N)c1cc(Cl)cc(F)c1O.Cl. The molecule has 1 rings (SSSR count). The third-order valence-corrected chi connectivity index (χ3v) is 3.10. The molecule has 1 aromatic rings. The zero-order valence-corrected chi connectivity index (χ0v) is 12.3. The normalized spacial score (nSPS) is 12.5. The van der Waals surface area contributed by atoms with Gasteiger partial charge in [-0.1, -0.05) is 11.6 Å². The highest BCUT2D eigenvalue weighted by Gasteiger charge is 2.38. The van der Waals surface area contributed by atoms with Crippen molar-refractivity contribution in [3.8, 4) is 5.75 Å². The molecule has 0 bridgehead atoms. The lowest BCUT2D eigenvalue weighted by molar-refractivity contribution is -0.152. The summed E-state index contributed by atoms with van der Waals surface area (Å²) >= 11 is 5.71. The minimum atomic E-state index is -1.12. The average Bonchev–Trinajstić information content (AvgIpc) is 2.31. The van der Waals surface area contributed by atoms with Crippen molar-refractivity contribution in [3.63, 3.8) is 0 Å². The minimum Gasteiger partial charge on any atom is -0.505 e. The molecule has 0 aliphatic carbocycles. The number of benzene rings is 1. The number of hydrogen-bond acceptors (Lipinski definition) is 4. The van der Waals surface area contributed by atoms with Gasteiger partial charge in [0.2, 0.25) is 0 Å². The molecule has 108 valence electrons. The van der Waals surface area contributed by atoms with E-state index in [9.17, 15) is 14.3 Å². The maximum Gasteiger partial charge on any atom is 0.313 e. The summed E-state index contributed by atoms with van der Waals surface area (Å²) in [5.41, 5.74) is 4.85. The maximum absolute atomic E-state index is 13.4. The summed E-state index contributed by atoms with van der Waals surface area (Å²) in [6, 6.07) is 1.35. The molecule has 0 saturated carbocycles. The van der Waals surface area contributed by atoms with Gasteiger partial charge in [-0.3, -0.25) is 4.79 Å². The first-order valence-corrected chi connectivity index (χ1v) is 5.61. The van der Waals surface area contributed by atoms with Crippen molar-refractivity contribution in [3.05, 3.63) is 28.5 Å². The lowest BCUT2D eigenvalue weighted by Gasteiger charge is -2.29. The summed E-state index contributed by atoms with van der Waals surface area (Å²) in [4.78, 5) is 11.6. The second kappa shape index (κ2) is 6.41. The van der Waals surface area contributed by atoms with Gasteiger partial charge in [0.1, 0.15) is 0 Å². The molecule has 3 N–H and O–H groups in total. The smallest absolute Gasteiger partial charge is 0.313 e. The highest BCUT2D eigenvalue weighted by Crippen LogP contribution is 2.38. The highest BCUT2D eigenvalue weighted by atomic mass is 35.5. The number of nitrogens with two attached hydrogens (primary N) is 1. The number of phenols is 1. The van der Waals surface area contributed by atoms with Gasteiger partial charge in [0.15, 0.2) is 11.6 Å². The number of rotatable bonds is 3. The molecule has 0 saturated heterocycles. The monoisotopic (exact) mass is 311 g/mol. The summed E-state index contributed by atoms with van der Waals surface area (Å²) in [5.74, 6) is -2.05. The summed E-state index contributed by atoms with van der Waals surface area (Å²) in [6.07, 6.45) is 0. The zero-order chi connectivity index (χ0) is 14.1. The molecule has 0 aliphatic heterocycles. The number of phenolic OH excluding ortho intramolecular Hbond substituents is 1. The van der Waals surface area contributed by atoms with E-state index >= 15 is 0 Å². The van der Waals surface area contributed by atoms with E-state index in [1.807, 2.05) is 0 Å². The Morgan fingerprint density at radius 1 is 1.53 bits per heavy atom. The summed E-state index contributed by atoms with van der Waals surface area (Å²) in [7, 11) is 1.23. The molecule has 1 aromatic carbocycles. The van der Waals surface area contributed by atoms with Crippen LogP contribution in [0.3, 0.4) is 0 Å². The average molecular weight is 312 g/mol. The minimum absolute atomic E-state index is 0. The van der Waals surface area contributed by atoms with Crippen LogP contribution in [0.25, 0.3) is 0 Å². The second-order valence-corrected chi connectivity index (χ2v) is 4.95. The van der Waals surface area contributed by atoms with E-state index in [0.717, 1.165) is 6.07 Å². The van der Waals surface area contributed by atoms with E-state index < -0.39 is 29.0 Å². The number of carbonyl (C=O) groups is 1. The summed E-state index contributed by atoms with van der Waals surface area (Å²) in [6.45, 7) is 3.09. The molecule has 0 heterocycles. The Balaban J connectivity index is 0.00000324. The molecule has 1 atom stereocenters. The van der Waals surface area contributed by atoms with E-state index in [0.29, 0.717) is 0 Å². The van der Waals surface area contributed by atoms with Crippen molar-refractivity contribution in [2.75, 3.05) is 7.11 Å². The molecule has 0 aromatic heterocycles. The van der Waals surface area contributed by atoms with Gasteiger partial charge >= 0.3 is 5.97 Å². The first kappa shape index (κ1) is 18.0. The maximum atomic E-state index is 13.4. The van der Waals surface area contributed by atoms with Crippen LogP contribution >= 0.6 is 24.0 Å². The molecule has 0 amide bonds. The Morgan fingerprint density at radius 3 is 2.53 bits per heavy atom. The van der Waals surface area contributed by atoms with Crippen LogP contribution in [0.15, 0.2) is 12.1 Å². The van der Waals surface area contributed by atoms with E-state index in [1.54, 1.807) is 13.8 Å². The molecule has 4 nitrogen and oxygen atoms in total. The predicted molar refractivity (Wildman–Crippen MR) is 73.0 cm³/mol. The number of carbonyl (C=O) groups excluding carboxylic acids is 1. The van der Waals surface area contributed by atoms with E-state index in [4.69, 9.17) is 17.3 Å². The van der Waals surface area contributed by atoms with Gasteiger partial charge in [-0.05, 0) is 26.0 Å². The van der Waals surface area contributed by atoms with Crippen LogP contribution in [-0.4, -0.2) is 18.2 Å². The number of methoxy groups -OCH3 is 1. The van der Waals surface area contributed by atoms with E-state index in [1.165, 1.54) is 13.2 Å². The van der Waals surface area contributed by atoms with Gasteiger partial charge in [0.25, 0.3) is 0 Å². The molecule has 7 heteroatoms. The third-order valence-electron chi connectivity index (χ3n) is 2.88. The fourth-order valence-electron chi connectivity index (χ4n) is 1.60. The van der Waals surface area contributed by atoms with Crippen molar-refractivity contribution < 1.29 is 19.0 Å². The van der Waals surface area contributed by atoms with Crippen LogP contribution in [0, 0.1) is 11.2 Å².